The van der Waals surface area contributed by atoms with Crippen LogP contribution in [0.25, 0.3) is 0 Å². The van der Waals surface area contributed by atoms with E-state index in [9.17, 15) is 8.60 Å². The number of rotatable bonds is 1. The Bertz CT molecular complexity index is 309. The maximum absolute atomic E-state index is 12.9. The van der Waals surface area contributed by atoms with E-state index in [1.807, 2.05) is 0 Å². The van der Waals surface area contributed by atoms with Gasteiger partial charge >= 0.3 is 7.12 Å². The summed E-state index contributed by atoms with van der Waals surface area (Å²) in [7, 11) is -1.81. The van der Waals surface area contributed by atoms with Crippen molar-refractivity contribution >= 4 is 42.1 Å². The van der Waals surface area contributed by atoms with Crippen LogP contribution in [-0.2, 0) is 11.3 Å². The fourth-order valence-electron chi connectivity index (χ4n) is 0.870. The molecule has 7 heteroatoms. The fourth-order valence-corrected chi connectivity index (χ4v) is 1.18. The van der Waals surface area contributed by atoms with Crippen LogP contribution in [0, 0.1) is 0 Å². The number of allylic oxidation sites excluding steroid dienone is 4. The SMILES string of the molecule is O=S=C1C=CC(B(O)O)=C(F)C1.[Li]. The van der Waals surface area contributed by atoms with Gasteiger partial charge in [-0.05, 0) is 6.08 Å². The zero-order chi connectivity index (χ0) is 9.14. The van der Waals surface area contributed by atoms with Gasteiger partial charge in [-0.15, -0.1) is 0 Å². The molecule has 0 unspecified atom stereocenters. The largest absolute Gasteiger partial charge is 0.491 e. The average Bonchev–Trinajstić information content (AvgIpc) is 2.03. The summed E-state index contributed by atoms with van der Waals surface area (Å²) in [4.78, 5) is 0.330. The summed E-state index contributed by atoms with van der Waals surface area (Å²) < 4.78 is 23.1. The zero-order valence-electron chi connectivity index (χ0n) is 7.03. The molecule has 0 atom stereocenters. The van der Waals surface area contributed by atoms with Gasteiger partial charge < -0.3 is 10.0 Å². The Morgan fingerprint density at radius 2 is 2.08 bits per heavy atom. The molecular formula is C6H6BFLiO3S. The van der Waals surface area contributed by atoms with E-state index < -0.39 is 12.9 Å². The van der Waals surface area contributed by atoms with Crippen LogP contribution in [0.15, 0.2) is 23.5 Å². The maximum Gasteiger partial charge on any atom is 0.491 e. The molecule has 0 heterocycles. The smallest absolute Gasteiger partial charge is 0.423 e. The molecule has 0 saturated heterocycles. The van der Waals surface area contributed by atoms with E-state index in [-0.39, 0.29) is 42.0 Å². The van der Waals surface area contributed by atoms with Crippen LogP contribution in [0.1, 0.15) is 6.42 Å². The van der Waals surface area contributed by atoms with E-state index in [1.54, 1.807) is 0 Å². The van der Waals surface area contributed by atoms with Gasteiger partial charge in [-0.3, -0.25) is 0 Å². The Morgan fingerprint density at radius 1 is 1.46 bits per heavy atom. The summed E-state index contributed by atoms with van der Waals surface area (Å²) in [5, 5.41) is 17.2. The van der Waals surface area contributed by atoms with Crippen molar-refractivity contribution in [3.05, 3.63) is 23.5 Å². The van der Waals surface area contributed by atoms with Gasteiger partial charge in [-0.2, -0.15) is 0 Å². The number of hydrogen-bond donors (Lipinski definition) is 2. The molecule has 65 valence electrons. The first kappa shape index (κ1) is 12.9. The van der Waals surface area contributed by atoms with Crippen molar-refractivity contribution in [3.8, 4) is 0 Å². The topological polar surface area (TPSA) is 57.5 Å². The van der Waals surface area contributed by atoms with Gasteiger partial charge in [-0.25, -0.2) is 8.60 Å². The van der Waals surface area contributed by atoms with Crippen LogP contribution in [-0.4, -0.2) is 45.1 Å². The molecule has 1 aliphatic rings. The van der Waals surface area contributed by atoms with Crippen molar-refractivity contribution in [3.63, 3.8) is 0 Å². The summed E-state index contributed by atoms with van der Waals surface area (Å²) in [5.41, 5.74) is -0.173. The van der Waals surface area contributed by atoms with E-state index in [4.69, 9.17) is 10.0 Å². The van der Waals surface area contributed by atoms with E-state index in [0.717, 1.165) is 0 Å². The second kappa shape index (κ2) is 5.58. The van der Waals surface area contributed by atoms with E-state index in [1.165, 1.54) is 12.2 Å². The van der Waals surface area contributed by atoms with Crippen molar-refractivity contribution in [2.24, 2.45) is 0 Å². The molecule has 0 aromatic carbocycles. The minimum atomic E-state index is -1.81. The van der Waals surface area contributed by atoms with Crippen LogP contribution >= 0.6 is 0 Å². The third kappa shape index (κ3) is 3.25. The molecule has 1 radical (unpaired) electrons. The second-order valence-corrected chi connectivity index (χ2v) is 2.98. The molecule has 1 aliphatic carbocycles. The number of halogens is 1. The van der Waals surface area contributed by atoms with E-state index in [0.29, 0.717) is 4.86 Å². The molecule has 0 aromatic heterocycles. The first-order valence-electron chi connectivity index (χ1n) is 3.23. The van der Waals surface area contributed by atoms with Crippen LogP contribution in [0.2, 0.25) is 0 Å². The maximum atomic E-state index is 12.9. The van der Waals surface area contributed by atoms with Gasteiger partial charge in [0.2, 0.25) is 0 Å². The molecule has 3 nitrogen and oxygen atoms in total. The van der Waals surface area contributed by atoms with Gasteiger partial charge in [0, 0.05) is 30.8 Å². The molecule has 0 aromatic rings. The average molecular weight is 195 g/mol. The predicted molar refractivity (Wildman–Crippen MR) is 51.0 cm³/mol. The quantitative estimate of drug-likeness (QED) is 0.424. The summed E-state index contributed by atoms with van der Waals surface area (Å²) in [6, 6.07) is 0. The Morgan fingerprint density at radius 3 is 2.46 bits per heavy atom. The molecule has 1 rings (SSSR count). The summed E-state index contributed by atoms with van der Waals surface area (Å²) in [6.45, 7) is 0. The molecule has 0 spiro atoms. The van der Waals surface area contributed by atoms with Crippen LogP contribution in [0.5, 0.6) is 0 Å². The molecule has 13 heavy (non-hydrogen) atoms. The normalized spacial score (nSPS) is 15.5. The molecule has 2 N–H and O–H groups in total. The van der Waals surface area contributed by atoms with Gasteiger partial charge in [0.05, 0.1) is 16.1 Å². The fraction of sp³-hybridized carbons (Fsp3) is 0.167. The monoisotopic (exact) mass is 195 g/mol. The van der Waals surface area contributed by atoms with Gasteiger partial charge in [-0.1, -0.05) is 6.08 Å². The third-order valence-electron chi connectivity index (χ3n) is 1.48. The van der Waals surface area contributed by atoms with Gasteiger partial charge in [0.1, 0.15) is 5.83 Å². The van der Waals surface area contributed by atoms with Gasteiger partial charge in [0.25, 0.3) is 0 Å². The molecule has 0 aliphatic heterocycles. The van der Waals surface area contributed by atoms with E-state index in [2.05, 4.69) is 0 Å². The Labute approximate surface area is 90.7 Å². The summed E-state index contributed by atoms with van der Waals surface area (Å²) >= 11 is 0.206. The van der Waals surface area contributed by atoms with E-state index >= 15 is 0 Å². The van der Waals surface area contributed by atoms with Crippen LogP contribution in [0.4, 0.5) is 4.39 Å². The van der Waals surface area contributed by atoms with Crippen molar-refractivity contribution in [1.82, 2.24) is 0 Å². The molecule has 0 amide bonds. The van der Waals surface area contributed by atoms with Crippen molar-refractivity contribution in [2.75, 3.05) is 0 Å². The van der Waals surface area contributed by atoms with Crippen molar-refractivity contribution in [1.29, 1.82) is 0 Å². The molecular weight excluding hydrogens is 189 g/mol. The standard InChI is InChI=1S/C6H6BFO3S.Li/c8-6-3-4(12-11)1-2-5(6)7(9)10;/h1-2,9-10H,3H2;. The zero-order valence-corrected chi connectivity index (χ0v) is 7.84. The molecule has 0 saturated carbocycles. The first-order valence-corrected chi connectivity index (χ1v) is 3.97. The first-order chi connectivity index (χ1) is 5.65. The van der Waals surface area contributed by atoms with Crippen LogP contribution < -0.4 is 0 Å². The number of hydrogen-bond acceptors (Lipinski definition) is 3. The van der Waals surface area contributed by atoms with Gasteiger partial charge in [0.15, 0.2) is 0 Å². The molecule has 0 fully saturated rings. The van der Waals surface area contributed by atoms with Crippen molar-refractivity contribution < 1.29 is 18.6 Å². The Hall–Kier alpha value is -0.118. The van der Waals surface area contributed by atoms with Crippen molar-refractivity contribution in [2.45, 2.75) is 6.42 Å². The van der Waals surface area contributed by atoms with Crippen LogP contribution in [0.3, 0.4) is 0 Å². The minimum Gasteiger partial charge on any atom is -0.423 e. The summed E-state index contributed by atoms with van der Waals surface area (Å²) in [6.07, 6.45) is 2.44. The second-order valence-electron chi connectivity index (χ2n) is 2.29. The summed E-state index contributed by atoms with van der Waals surface area (Å²) in [5.74, 6) is -0.661. The Balaban J connectivity index is 0.00000144. The predicted octanol–water partition coefficient (Wildman–Crippen LogP) is -0.814. The third-order valence-corrected chi connectivity index (χ3v) is 1.97. The Kier molecular flexibility index (Phi) is 5.53. The molecule has 0 bridgehead atoms. The minimum absolute atomic E-state index is 0.